The maximum absolute atomic E-state index is 12.2. The third-order valence-electron chi connectivity index (χ3n) is 5.17. The van der Waals surface area contributed by atoms with Crippen molar-refractivity contribution in [3.05, 3.63) is 35.4 Å². The number of carbonyl (C=O) groups excluding carboxylic acids is 1. The summed E-state index contributed by atoms with van der Waals surface area (Å²) in [6, 6.07) is 9.35. The van der Waals surface area contributed by atoms with Crippen LogP contribution in [0.5, 0.6) is 0 Å². The summed E-state index contributed by atoms with van der Waals surface area (Å²) < 4.78 is 0. The summed E-state index contributed by atoms with van der Waals surface area (Å²) in [4.78, 5) is 13.8. The second kappa shape index (κ2) is 8.49. The lowest BCUT2D eigenvalue weighted by Crippen LogP contribution is -3.11. The Morgan fingerprint density at radius 2 is 1.78 bits per heavy atom. The number of hydrogen-bond acceptors (Lipinski definition) is 1. The molecule has 0 aliphatic carbocycles. The summed E-state index contributed by atoms with van der Waals surface area (Å²) in [6.07, 6.45) is 3.03. The molecule has 3 heteroatoms. The molecule has 1 aliphatic rings. The minimum Gasteiger partial charge on any atom is -0.353 e. The van der Waals surface area contributed by atoms with Crippen molar-refractivity contribution in [2.45, 2.75) is 65.5 Å². The third kappa shape index (κ3) is 5.35. The maximum Gasteiger partial charge on any atom is 0.223 e. The van der Waals surface area contributed by atoms with Crippen LogP contribution in [0.1, 0.15) is 64.0 Å². The van der Waals surface area contributed by atoms with Crippen LogP contribution in [0, 0.1) is 5.92 Å². The van der Waals surface area contributed by atoms with Gasteiger partial charge in [0.1, 0.15) is 6.54 Å². The molecule has 23 heavy (non-hydrogen) atoms. The minimum atomic E-state index is 0.219. The smallest absolute Gasteiger partial charge is 0.223 e. The van der Waals surface area contributed by atoms with Crippen molar-refractivity contribution in [1.82, 2.24) is 5.32 Å². The average molecular weight is 317 g/mol. The van der Waals surface area contributed by atoms with E-state index in [2.05, 4.69) is 57.3 Å². The second-order valence-corrected chi connectivity index (χ2v) is 7.42. The van der Waals surface area contributed by atoms with Crippen molar-refractivity contribution >= 4 is 5.91 Å². The lowest BCUT2D eigenvalue weighted by Gasteiger charge is -2.29. The predicted molar refractivity (Wildman–Crippen MR) is 95.6 cm³/mol. The molecule has 2 rings (SSSR count). The third-order valence-corrected chi connectivity index (χ3v) is 5.17. The van der Waals surface area contributed by atoms with Gasteiger partial charge in [-0.05, 0) is 24.8 Å². The summed E-state index contributed by atoms with van der Waals surface area (Å²) in [6.45, 7) is 11.9. The van der Waals surface area contributed by atoms with E-state index < -0.39 is 0 Å². The molecule has 0 saturated carbocycles. The molecule has 0 unspecified atom stereocenters. The van der Waals surface area contributed by atoms with Crippen molar-refractivity contribution in [3.8, 4) is 0 Å². The zero-order valence-corrected chi connectivity index (χ0v) is 15.2. The first kappa shape index (κ1) is 18.0. The van der Waals surface area contributed by atoms with E-state index in [1.54, 1.807) is 4.90 Å². The largest absolute Gasteiger partial charge is 0.353 e. The monoisotopic (exact) mass is 317 g/mol. The fraction of sp³-hybridized carbons (Fsp3) is 0.650. The Morgan fingerprint density at radius 1 is 1.17 bits per heavy atom. The van der Waals surface area contributed by atoms with Gasteiger partial charge in [-0.25, -0.2) is 0 Å². The molecular weight excluding hydrogens is 284 g/mol. The predicted octanol–water partition coefficient (Wildman–Crippen LogP) is 2.52. The van der Waals surface area contributed by atoms with Crippen molar-refractivity contribution in [2.75, 3.05) is 13.1 Å². The molecule has 1 fully saturated rings. The van der Waals surface area contributed by atoms with Gasteiger partial charge in [0.05, 0.1) is 13.1 Å². The lowest BCUT2D eigenvalue weighted by molar-refractivity contribution is -0.919. The van der Waals surface area contributed by atoms with Gasteiger partial charge in [0.2, 0.25) is 5.91 Å². The lowest BCUT2D eigenvalue weighted by atomic mass is 9.95. The van der Waals surface area contributed by atoms with Crippen LogP contribution in [0.4, 0.5) is 0 Å². The van der Waals surface area contributed by atoms with Gasteiger partial charge in [-0.3, -0.25) is 4.79 Å². The van der Waals surface area contributed by atoms with Gasteiger partial charge in [0.25, 0.3) is 0 Å². The topological polar surface area (TPSA) is 33.5 Å². The number of nitrogens with one attached hydrogen (secondary N) is 2. The van der Waals surface area contributed by atoms with Crippen molar-refractivity contribution in [3.63, 3.8) is 0 Å². The molecule has 0 radical (unpaired) electrons. The fourth-order valence-corrected chi connectivity index (χ4v) is 3.24. The molecule has 0 aromatic heterocycles. The Kier molecular flexibility index (Phi) is 6.64. The van der Waals surface area contributed by atoms with E-state index in [1.807, 2.05) is 0 Å². The standard InChI is InChI=1S/C20H32N2O/c1-5-16(4)21-20(23)19-10-12-22(13-11-19)14-17-6-8-18(9-7-17)15(2)3/h6-9,15-16,19H,5,10-14H2,1-4H3,(H,21,23)/p+1/t16-/m1/s1. The number of hydrogen-bond donors (Lipinski definition) is 2. The minimum absolute atomic E-state index is 0.219. The van der Waals surface area contributed by atoms with Crippen LogP contribution >= 0.6 is 0 Å². The Balaban J connectivity index is 1.79. The maximum atomic E-state index is 12.2. The number of carbonyl (C=O) groups is 1. The Labute approximate surface area is 141 Å². The van der Waals surface area contributed by atoms with E-state index in [9.17, 15) is 4.79 Å². The van der Waals surface area contributed by atoms with E-state index >= 15 is 0 Å². The quantitative estimate of drug-likeness (QED) is 0.830. The zero-order chi connectivity index (χ0) is 16.8. The van der Waals surface area contributed by atoms with Gasteiger partial charge in [0, 0.05) is 30.4 Å². The highest BCUT2D eigenvalue weighted by Crippen LogP contribution is 2.15. The molecule has 1 atom stereocenters. The van der Waals surface area contributed by atoms with Crippen LogP contribution in [0.2, 0.25) is 0 Å². The van der Waals surface area contributed by atoms with Crippen LogP contribution in [0.15, 0.2) is 24.3 Å². The molecule has 1 saturated heterocycles. The highest BCUT2D eigenvalue weighted by Gasteiger charge is 2.27. The number of piperidine rings is 1. The molecule has 1 aliphatic heterocycles. The van der Waals surface area contributed by atoms with Gasteiger partial charge in [-0.15, -0.1) is 0 Å². The Hall–Kier alpha value is -1.35. The first-order valence-corrected chi connectivity index (χ1v) is 9.22. The second-order valence-electron chi connectivity index (χ2n) is 7.42. The number of amides is 1. The van der Waals surface area contributed by atoms with Gasteiger partial charge in [-0.1, -0.05) is 45.0 Å². The number of rotatable bonds is 6. The summed E-state index contributed by atoms with van der Waals surface area (Å²) >= 11 is 0. The highest BCUT2D eigenvalue weighted by molar-refractivity contribution is 5.78. The molecular formula is C20H33N2O+. The fourth-order valence-electron chi connectivity index (χ4n) is 3.24. The molecule has 0 bridgehead atoms. The Morgan fingerprint density at radius 3 is 2.30 bits per heavy atom. The molecule has 1 amide bonds. The number of likely N-dealkylation sites (tertiary alicyclic amines) is 1. The number of quaternary nitrogens is 1. The first-order chi connectivity index (χ1) is 11.0. The molecule has 3 nitrogen and oxygen atoms in total. The van der Waals surface area contributed by atoms with E-state index in [4.69, 9.17) is 0 Å². The molecule has 2 N–H and O–H groups in total. The van der Waals surface area contributed by atoms with Gasteiger partial charge >= 0.3 is 0 Å². The van der Waals surface area contributed by atoms with Gasteiger partial charge < -0.3 is 10.2 Å². The van der Waals surface area contributed by atoms with Crippen LogP contribution in [0.3, 0.4) is 0 Å². The molecule has 0 spiro atoms. The van der Waals surface area contributed by atoms with E-state index in [0.29, 0.717) is 12.0 Å². The van der Waals surface area contributed by atoms with Crippen LogP contribution in [-0.2, 0) is 11.3 Å². The van der Waals surface area contributed by atoms with Gasteiger partial charge in [0.15, 0.2) is 0 Å². The van der Waals surface area contributed by atoms with Crippen LogP contribution < -0.4 is 10.2 Å². The zero-order valence-electron chi connectivity index (χ0n) is 15.2. The SMILES string of the molecule is CC[C@@H](C)NC(=O)C1CC[NH+](Cc2ccc(C(C)C)cc2)CC1. The van der Waals surface area contributed by atoms with Crippen molar-refractivity contribution in [2.24, 2.45) is 5.92 Å². The van der Waals surface area contributed by atoms with E-state index in [1.165, 1.54) is 11.1 Å². The van der Waals surface area contributed by atoms with E-state index in [-0.39, 0.29) is 11.8 Å². The summed E-state index contributed by atoms with van der Waals surface area (Å²) in [5.41, 5.74) is 2.82. The number of benzene rings is 1. The van der Waals surface area contributed by atoms with Crippen LogP contribution in [0.25, 0.3) is 0 Å². The molecule has 1 aromatic carbocycles. The van der Waals surface area contributed by atoms with E-state index in [0.717, 1.165) is 38.9 Å². The summed E-state index contributed by atoms with van der Waals surface area (Å²) in [5, 5.41) is 3.13. The average Bonchev–Trinajstić information content (AvgIpc) is 2.55. The van der Waals surface area contributed by atoms with Crippen molar-refractivity contribution in [1.29, 1.82) is 0 Å². The van der Waals surface area contributed by atoms with Gasteiger partial charge in [-0.2, -0.15) is 0 Å². The molecule has 128 valence electrons. The summed E-state index contributed by atoms with van der Waals surface area (Å²) in [7, 11) is 0. The van der Waals surface area contributed by atoms with Crippen molar-refractivity contribution < 1.29 is 9.69 Å². The first-order valence-electron chi connectivity index (χ1n) is 9.22. The Bertz CT molecular complexity index is 487. The summed E-state index contributed by atoms with van der Waals surface area (Å²) in [5.74, 6) is 1.08. The molecule has 1 aromatic rings. The highest BCUT2D eigenvalue weighted by atomic mass is 16.1. The molecule has 1 heterocycles. The van der Waals surface area contributed by atoms with Crippen LogP contribution in [-0.4, -0.2) is 25.0 Å². The normalized spacial score (nSPS) is 22.8.